The number of carbonyl (C=O) groups excluding carboxylic acids is 1. The van der Waals surface area contributed by atoms with Gasteiger partial charge >= 0.3 is 0 Å². The van der Waals surface area contributed by atoms with Crippen LogP contribution in [-0.2, 0) is 17.1 Å². The Morgan fingerprint density at radius 3 is 2.22 bits per heavy atom. The Kier molecular flexibility index (Phi) is 6.53. The third-order valence-corrected chi connectivity index (χ3v) is 4.57. The van der Waals surface area contributed by atoms with Crippen molar-refractivity contribution in [2.24, 2.45) is 0 Å². The first-order valence-corrected chi connectivity index (χ1v) is 8.86. The zero-order valence-corrected chi connectivity index (χ0v) is 14.8. The number of aryl methyl sites for hydroxylation is 1. The Morgan fingerprint density at radius 1 is 1.00 bits per heavy atom. The van der Waals surface area contributed by atoms with Gasteiger partial charge in [0.15, 0.2) is 0 Å². The van der Waals surface area contributed by atoms with Crippen LogP contribution in [0.4, 0.5) is 5.69 Å². The number of benzene rings is 2. The number of amides is 1. The smallest absolute Gasteiger partial charge is 0.230 e. The molecule has 0 unspecified atom stereocenters. The van der Waals surface area contributed by atoms with E-state index >= 15 is 0 Å². The summed E-state index contributed by atoms with van der Waals surface area (Å²) in [5.74, 6) is 1.44. The second-order valence-corrected chi connectivity index (χ2v) is 6.80. The highest BCUT2D eigenvalue weighted by atomic mass is 32.2. The summed E-state index contributed by atoms with van der Waals surface area (Å²) in [5.41, 5.74) is 4.80. The second kappa shape index (κ2) is 8.63. The zero-order valence-electron chi connectivity index (χ0n) is 14.0. The van der Waals surface area contributed by atoms with Crippen molar-refractivity contribution in [3.8, 4) is 0 Å². The van der Waals surface area contributed by atoms with Gasteiger partial charge in [0, 0.05) is 32.1 Å². The molecule has 0 radical (unpaired) electrons. The summed E-state index contributed by atoms with van der Waals surface area (Å²) >= 11 is 1.64. The van der Waals surface area contributed by atoms with Crippen LogP contribution in [0.1, 0.15) is 16.7 Å². The van der Waals surface area contributed by atoms with E-state index in [2.05, 4.69) is 65.7 Å². The van der Waals surface area contributed by atoms with E-state index in [4.69, 9.17) is 0 Å². The van der Waals surface area contributed by atoms with Crippen molar-refractivity contribution >= 4 is 23.4 Å². The average Bonchev–Trinajstić information content (AvgIpc) is 2.55. The largest absolute Gasteiger partial charge is 0.378 e. The molecule has 0 bridgehead atoms. The van der Waals surface area contributed by atoms with Crippen molar-refractivity contribution in [3.63, 3.8) is 0 Å². The molecule has 0 aliphatic heterocycles. The lowest BCUT2D eigenvalue weighted by atomic mass is 10.2. The molecule has 2 aromatic rings. The van der Waals surface area contributed by atoms with E-state index in [0.717, 1.165) is 17.0 Å². The van der Waals surface area contributed by atoms with E-state index in [-0.39, 0.29) is 5.91 Å². The minimum atomic E-state index is 0.0822. The molecule has 1 N–H and O–H groups in total. The number of rotatable bonds is 7. The van der Waals surface area contributed by atoms with Crippen LogP contribution in [0.25, 0.3) is 0 Å². The molecule has 0 aliphatic carbocycles. The number of thioether (sulfide) groups is 1. The fourth-order valence-electron chi connectivity index (χ4n) is 2.11. The minimum absolute atomic E-state index is 0.0822. The molecule has 2 rings (SSSR count). The minimum Gasteiger partial charge on any atom is -0.378 e. The van der Waals surface area contributed by atoms with Crippen molar-refractivity contribution in [2.75, 3.05) is 24.7 Å². The first-order chi connectivity index (χ1) is 11.0. The standard InChI is InChI=1S/C19H24N2OS/c1-15-4-6-17(7-5-15)13-23-14-19(22)20-12-16-8-10-18(11-9-16)21(2)3/h4-11H,12-14H2,1-3H3,(H,20,22). The predicted octanol–water partition coefficient (Wildman–Crippen LogP) is 3.61. The van der Waals surface area contributed by atoms with Gasteiger partial charge in [0.1, 0.15) is 0 Å². The highest BCUT2D eigenvalue weighted by Crippen LogP contribution is 2.14. The molecule has 23 heavy (non-hydrogen) atoms. The Bertz CT molecular complexity index is 621. The molecule has 0 fully saturated rings. The molecule has 2 aromatic carbocycles. The fraction of sp³-hybridized carbons (Fsp3) is 0.316. The SMILES string of the molecule is Cc1ccc(CSCC(=O)NCc2ccc(N(C)C)cc2)cc1. The highest BCUT2D eigenvalue weighted by Gasteiger charge is 2.03. The Balaban J connectivity index is 1.69. The van der Waals surface area contributed by atoms with Gasteiger partial charge in [0.2, 0.25) is 5.91 Å². The number of carbonyl (C=O) groups is 1. The topological polar surface area (TPSA) is 32.3 Å². The normalized spacial score (nSPS) is 10.4. The van der Waals surface area contributed by atoms with Crippen LogP contribution in [0.15, 0.2) is 48.5 Å². The molecule has 4 heteroatoms. The van der Waals surface area contributed by atoms with E-state index in [0.29, 0.717) is 12.3 Å². The van der Waals surface area contributed by atoms with Crippen molar-refractivity contribution < 1.29 is 4.79 Å². The Hall–Kier alpha value is -1.94. The zero-order chi connectivity index (χ0) is 16.7. The quantitative estimate of drug-likeness (QED) is 0.843. The number of nitrogens with zero attached hydrogens (tertiary/aromatic N) is 1. The van der Waals surface area contributed by atoms with Crippen molar-refractivity contribution in [3.05, 3.63) is 65.2 Å². The van der Waals surface area contributed by atoms with E-state index in [9.17, 15) is 4.79 Å². The van der Waals surface area contributed by atoms with Crippen molar-refractivity contribution in [2.45, 2.75) is 19.2 Å². The lowest BCUT2D eigenvalue weighted by molar-refractivity contribution is -0.118. The van der Waals surface area contributed by atoms with E-state index in [1.54, 1.807) is 11.8 Å². The molecule has 0 aliphatic rings. The van der Waals surface area contributed by atoms with Crippen LogP contribution >= 0.6 is 11.8 Å². The third kappa shape index (κ3) is 5.99. The fourth-order valence-corrected chi connectivity index (χ4v) is 2.93. The Morgan fingerprint density at radius 2 is 1.61 bits per heavy atom. The van der Waals surface area contributed by atoms with Gasteiger partial charge in [-0.3, -0.25) is 4.79 Å². The summed E-state index contributed by atoms with van der Waals surface area (Å²) in [6.45, 7) is 2.66. The predicted molar refractivity (Wildman–Crippen MR) is 100.0 cm³/mol. The van der Waals surface area contributed by atoms with Crippen LogP contribution in [0.3, 0.4) is 0 Å². The maximum atomic E-state index is 11.9. The molecule has 0 spiro atoms. The van der Waals surface area contributed by atoms with Gasteiger partial charge in [-0.05, 0) is 30.2 Å². The van der Waals surface area contributed by atoms with Gasteiger partial charge in [0.25, 0.3) is 0 Å². The van der Waals surface area contributed by atoms with Gasteiger partial charge in [-0.2, -0.15) is 0 Å². The lowest BCUT2D eigenvalue weighted by Crippen LogP contribution is -2.24. The van der Waals surface area contributed by atoms with Gasteiger partial charge in [-0.1, -0.05) is 42.0 Å². The van der Waals surface area contributed by atoms with E-state index < -0.39 is 0 Å². The average molecular weight is 328 g/mol. The second-order valence-electron chi connectivity index (χ2n) is 5.82. The van der Waals surface area contributed by atoms with Gasteiger partial charge in [0.05, 0.1) is 5.75 Å². The summed E-state index contributed by atoms with van der Waals surface area (Å²) in [6.07, 6.45) is 0. The molecule has 3 nitrogen and oxygen atoms in total. The maximum Gasteiger partial charge on any atom is 0.230 e. The number of anilines is 1. The Labute approximate surface area is 143 Å². The molecule has 1 amide bonds. The van der Waals surface area contributed by atoms with Crippen molar-refractivity contribution in [1.29, 1.82) is 0 Å². The van der Waals surface area contributed by atoms with E-state index in [1.165, 1.54) is 11.1 Å². The van der Waals surface area contributed by atoms with Gasteiger partial charge < -0.3 is 10.2 Å². The number of hydrogen-bond donors (Lipinski definition) is 1. The molecule has 0 saturated heterocycles. The van der Waals surface area contributed by atoms with Crippen LogP contribution < -0.4 is 10.2 Å². The molecule has 0 heterocycles. The van der Waals surface area contributed by atoms with Crippen LogP contribution in [-0.4, -0.2) is 25.8 Å². The summed E-state index contributed by atoms with van der Waals surface area (Å²) in [6, 6.07) is 16.7. The molecule has 0 aromatic heterocycles. The monoisotopic (exact) mass is 328 g/mol. The first kappa shape index (κ1) is 17.4. The summed E-state index contributed by atoms with van der Waals surface area (Å²) in [4.78, 5) is 14.0. The van der Waals surface area contributed by atoms with Gasteiger partial charge in [-0.15, -0.1) is 11.8 Å². The lowest BCUT2D eigenvalue weighted by Gasteiger charge is -2.13. The highest BCUT2D eigenvalue weighted by molar-refractivity contribution is 7.99. The molecular weight excluding hydrogens is 304 g/mol. The molecule has 0 atom stereocenters. The summed E-state index contributed by atoms with van der Waals surface area (Å²) in [5, 5.41) is 2.97. The van der Waals surface area contributed by atoms with Crippen LogP contribution in [0.2, 0.25) is 0 Å². The van der Waals surface area contributed by atoms with Crippen molar-refractivity contribution in [1.82, 2.24) is 5.32 Å². The summed E-state index contributed by atoms with van der Waals surface area (Å²) in [7, 11) is 4.03. The third-order valence-electron chi connectivity index (χ3n) is 3.56. The number of hydrogen-bond acceptors (Lipinski definition) is 3. The van der Waals surface area contributed by atoms with Gasteiger partial charge in [-0.25, -0.2) is 0 Å². The van der Waals surface area contributed by atoms with Crippen LogP contribution in [0.5, 0.6) is 0 Å². The molecular formula is C19H24N2OS. The number of nitrogens with one attached hydrogen (secondary N) is 1. The van der Waals surface area contributed by atoms with E-state index in [1.807, 2.05) is 14.1 Å². The maximum absolute atomic E-state index is 11.9. The van der Waals surface area contributed by atoms with Crippen LogP contribution in [0, 0.1) is 6.92 Å². The molecule has 122 valence electrons. The molecule has 0 saturated carbocycles. The first-order valence-electron chi connectivity index (χ1n) is 7.71. The summed E-state index contributed by atoms with van der Waals surface area (Å²) < 4.78 is 0.